The highest BCUT2D eigenvalue weighted by atomic mass is 16.5. The second-order valence-electron chi connectivity index (χ2n) is 4.78. The normalized spacial score (nSPS) is 12.5. The second-order valence-corrected chi connectivity index (χ2v) is 4.78. The summed E-state index contributed by atoms with van der Waals surface area (Å²) in [4.78, 5) is 0. The molecular formula is C16H23N3O. The third-order valence-electron chi connectivity index (χ3n) is 3.24. The molecule has 1 aromatic carbocycles. The summed E-state index contributed by atoms with van der Waals surface area (Å²) >= 11 is 0. The van der Waals surface area contributed by atoms with Crippen molar-refractivity contribution in [3.05, 3.63) is 48.3 Å². The molecule has 0 aliphatic carbocycles. The van der Waals surface area contributed by atoms with Gasteiger partial charge in [0.2, 0.25) is 0 Å². The summed E-state index contributed by atoms with van der Waals surface area (Å²) in [5.74, 6) is 0. The van der Waals surface area contributed by atoms with E-state index in [-0.39, 0.29) is 0 Å². The summed E-state index contributed by atoms with van der Waals surface area (Å²) in [5.41, 5.74) is 2.28. The molecule has 4 heteroatoms. The van der Waals surface area contributed by atoms with Gasteiger partial charge in [-0.05, 0) is 38.9 Å². The van der Waals surface area contributed by atoms with Gasteiger partial charge in [0.25, 0.3) is 0 Å². The first-order valence-corrected chi connectivity index (χ1v) is 7.22. The van der Waals surface area contributed by atoms with Crippen LogP contribution in [-0.2, 0) is 4.74 Å². The Balaban J connectivity index is 1.85. The average Bonchev–Trinajstić information content (AvgIpc) is 2.98. The summed E-state index contributed by atoms with van der Waals surface area (Å²) in [7, 11) is 0. The Morgan fingerprint density at radius 2 is 2.10 bits per heavy atom. The molecule has 0 aliphatic rings. The van der Waals surface area contributed by atoms with Crippen LogP contribution < -0.4 is 5.32 Å². The number of ether oxygens (including phenoxy) is 1. The lowest BCUT2D eigenvalue weighted by atomic mass is 10.2. The lowest BCUT2D eigenvalue weighted by Gasteiger charge is -2.11. The fourth-order valence-electron chi connectivity index (χ4n) is 2.04. The molecule has 20 heavy (non-hydrogen) atoms. The molecule has 1 heterocycles. The molecule has 2 rings (SSSR count). The van der Waals surface area contributed by atoms with Crippen LogP contribution in [0.15, 0.2) is 42.7 Å². The molecule has 0 radical (unpaired) electrons. The van der Waals surface area contributed by atoms with Crippen LogP contribution in [0.3, 0.4) is 0 Å². The summed E-state index contributed by atoms with van der Waals surface area (Å²) in [6.07, 6.45) is 5.04. The number of para-hydroxylation sites is 1. The minimum atomic E-state index is 0.300. The standard InChI is InChI=1S/C16H23N3O/c1-3-20-11-7-10-17-14(2)15-12-18-19(13-15)16-8-5-4-6-9-16/h4-6,8-9,12-14,17H,3,7,10-11H2,1-2H3. The van der Waals surface area contributed by atoms with Crippen molar-refractivity contribution < 1.29 is 4.74 Å². The first kappa shape index (κ1) is 14.8. The van der Waals surface area contributed by atoms with Gasteiger partial charge in [-0.3, -0.25) is 0 Å². The number of nitrogens with one attached hydrogen (secondary N) is 1. The van der Waals surface area contributed by atoms with Crippen molar-refractivity contribution in [2.24, 2.45) is 0 Å². The zero-order valence-corrected chi connectivity index (χ0v) is 12.2. The van der Waals surface area contributed by atoms with E-state index in [2.05, 4.69) is 35.7 Å². The smallest absolute Gasteiger partial charge is 0.0645 e. The number of rotatable bonds is 8. The van der Waals surface area contributed by atoms with E-state index in [1.807, 2.05) is 36.0 Å². The molecule has 0 spiro atoms. The molecule has 0 fully saturated rings. The largest absolute Gasteiger partial charge is 0.382 e. The number of benzene rings is 1. The van der Waals surface area contributed by atoms with E-state index in [9.17, 15) is 0 Å². The topological polar surface area (TPSA) is 39.1 Å². The molecular weight excluding hydrogens is 250 g/mol. The van der Waals surface area contributed by atoms with Gasteiger partial charge in [0, 0.05) is 31.0 Å². The Morgan fingerprint density at radius 3 is 2.85 bits per heavy atom. The Labute approximate surface area is 120 Å². The summed E-state index contributed by atoms with van der Waals surface area (Å²) in [6, 6.07) is 10.5. The van der Waals surface area contributed by atoms with Crippen molar-refractivity contribution in [3.63, 3.8) is 0 Å². The van der Waals surface area contributed by atoms with Crippen LogP contribution in [0.25, 0.3) is 5.69 Å². The minimum absolute atomic E-state index is 0.300. The third-order valence-corrected chi connectivity index (χ3v) is 3.24. The first-order valence-electron chi connectivity index (χ1n) is 7.22. The van der Waals surface area contributed by atoms with Crippen molar-refractivity contribution in [3.8, 4) is 5.69 Å². The molecule has 1 N–H and O–H groups in total. The van der Waals surface area contributed by atoms with Crippen LogP contribution in [0.5, 0.6) is 0 Å². The van der Waals surface area contributed by atoms with E-state index < -0.39 is 0 Å². The second kappa shape index (κ2) is 7.82. The first-order chi connectivity index (χ1) is 9.81. The molecule has 1 aromatic heterocycles. The number of nitrogens with zero attached hydrogens (tertiary/aromatic N) is 2. The monoisotopic (exact) mass is 273 g/mol. The molecule has 1 unspecified atom stereocenters. The average molecular weight is 273 g/mol. The van der Waals surface area contributed by atoms with Crippen molar-refractivity contribution >= 4 is 0 Å². The highest BCUT2D eigenvalue weighted by Gasteiger charge is 2.07. The van der Waals surface area contributed by atoms with Crippen molar-refractivity contribution in [2.75, 3.05) is 19.8 Å². The number of hydrogen-bond acceptors (Lipinski definition) is 3. The SMILES string of the molecule is CCOCCCNC(C)c1cnn(-c2ccccc2)c1. The van der Waals surface area contributed by atoms with Gasteiger partial charge >= 0.3 is 0 Å². The Hall–Kier alpha value is -1.65. The van der Waals surface area contributed by atoms with Gasteiger partial charge in [-0.2, -0.15) is 5.10 Å². The predicted molar refractivity (Wildman–Crippen MR) is 81.1 cm³/mol. The van der Waals surface area contributed by atoms with E-state index >= 15 is 0 Å². The molecule has 0 aliphatic heterocycles. The van der Waals surface area contributed by atoms with Gasteiger partial charge < -0.3 is 10.1 Å². The predicted octanol–water partition coefficient (Wildman–Crippen LogP) is 2.95. The maximum absolute atomic E-state index is 5.33. The van der Waals surface area contributed by atoms with Crippen molar-refractivity contribution in [2.45, 2.75) is 26.3 Å². The minimum Gasteiger partial charge on any atom is -0.382 e. The quantitative estimate of drug-likeness (QED) is 0.752. The fourth-order valence-corrected chi connectivity index (χ4v) is 2.04. The van der Waals surface area contributed by atoms with E-state index in [1.165, 1.54) is 5.56 Å². The van der Waals surface area contributed by atoms with Gasteiger partial charge in [0.05, 0.1) is 11.9 Å². The van der Waals surface area contributed by atoms with Gasteiger partial charge in [-0.15, -0.1) is 0 Å². The van der Waals surface area contributed by atoms with Crippen molar-refractivity contribution in [1.29, 1.82) is 0 Å². The molecule has 0 bridgehead atoms. The van der Waals surface area contributed by atoms with Gasteiger partial charge in [0.15, 0.2) is 0 Å². The van der Waals surface area contributed by atoms with Gasteiger partial charge in [-0.25, -0.2) is 4.68 Å². The van der Waals surface area contributed by atoms with Crippen LogP contribution in [0.4, 0.5) is 0 Å². The summed E-state index contributed by atoms with van der Waals surface area (Å²) < 4.78 is 7.24. The molecule has 0 saturated carbocycles. The Bertz CT molecular complexity index is 495. The van der Waals surface area contributed by atoms with Gasteiger partial charge in [0.1, 0.15) is 0 Å². The highest BCUT2D eigenvalue weighted by molar-refractivity contribution is 5.31. The lowest BCUT2D eigenvalue weighted by molar-refractivity contribution is 0.144. The van der Waals surface area contributed by atoms with E-state index in [0.29, 0.717) is 6.04 Å². The van der Waals surface area contributed by atoms with E-state index in [1.54, 1.807) is 0 Å². The van der Waals surface area contributed by atoms with Crippen LogP contribution >= 0.6 is 0 Å². The molecule has 4 nitrogen and oxygen atoms in total. The molecule has 108 valence electrons. The zero-order chi connectivity index (χ0) is 14.2. The number of aromatic nitrogens is 2. The van der Waals surface area contributed by atoms with Gasteiger partial charge in [-0.1, -0.05) is 18.2 Å². The van der Waals surface area contributed by atoms with Crippen LogP contribution in [-0.4, -0.2) is 29.5 Å². The maximum atomic E-state index is 5.33. The third kappa shape index (κ3) is 4.18. The fraction of sp³-hybridized carbons (Fsp3) is 0.438. The molecule has 1 atom stereocenters. The van der Waals surface area contributed by atoms with Crippen LogP contribution in [0.1, 0.15) is 31.9 Å². The van der Waals surface area contributed by atoms with Crippen molar-refractivity contribution in [1.82, 2.24) is 15.1 Å². The summed E-state index contributed by atoms with van der Waals surface area (Å²) in [6.45, 7) is 6.75. The molecule has 0 saturated heterocycles. The molecule has 0 amide bonds. The Kier molecular flexibility index (Phi) is 5.77. The number of hydrogen-bond donors (Lipinski definition) is 1. The lowest BCUT2D eigenvalue weighted by Crippen LogP contribution is -2.20. The highest BCUT2D eigenvalue weighted by Crippen LogP contribution is 2.14. The van der Waals surface area contributed by atoms with Crippen LogP contribution in [0.2, 0.25) is 0 Å². The summed E-state index contributed by atoms with van der Waals surface area (Å²) in [5, 5.41) is 7.91. The van der Waals surface area contributed by atoms with E-state index in [4.69, 9.17) is 4.74 Å². The van der Waals surface area contributed by atoms with Crippen LogP contribution in [0, 0.1) is 0 Å². The Morgan fingerprint density at radius 1 is 1.30 bits per heavy atom. The molecule has 2 aromatic rings. The maximum Gasteiger partial charge on any atom is 0.0645 e. The van der Waals surface area contributed by atoms with E-state index in [0.717, 1.165) is 31.9 Å². The zero-order valence-electron chi connectivity index (χ0n) is 12.2.